The van der Waals surface area contributed by atoms with Crippen LogP contribution < -0.4 is 33.0 Å². The lowest BCUT2D eigenvalue weighted by Crippen LogP contribution is -2.54. The molecule has 4 rings (SSSR count). The molecule has 1 aromatic heterocycles. The second-order valence-electron chi connectivity index (χ2n) is 18.4. The third-order valence-electron chi connectivity index (χ3n) is 12.4. The van der Waals surface area contributed by atoms with E-state index in [-0.39, 0.29) is 95.0 Å². The number of carbonyl (C=O) groups excluding carboxylic acids is 9. The van der Waals surface area contributed by atoms with Crippen LogP contribution in [-0.4, -0.2) is 106 Å². The maximum absolute atomic E-state index is 13.7. The highest BCUT2D eigenvalue weighted by Gasteiger charge is 2.19. The Morgan fingerprint density at radius 2 is 0.551 bits per heavy atom. The van der Waals surface area contributed by atoms with Gasteiger partial charge in [0, 0.05) is 55.6 Å². The van der Waals surface area contributed by atoms with Gasteiger partial charge in [0.1, 0.15) is 19.8 Å². The van der Waals surface area contributed by atoms with Crippen LogP contribution in [0.4, 0.5) is 0 Å². The molecule has 3 N–H and O–H groups in total. The first-order valence-corrected chi connectivity index (χ1v) is 26.8. The van der Waals surface area contributed by atoms with Gasteiger partial charge in [0.05, 0.1) is 19.6 Å². The Bertz CT molecular complexity index is 2450. The molecular weight excluding hydrogens is 1010 g/mol. The lowest BCUT2D eigenvalue weighted by atomic mass is 10.1. The van der Waals surface area contributed by atoms with E-state index in [1.807, 2.05) is 0 Å². The highest BCUT2D eigenvalue weighted by Crippen LogP contribution is 2.10. The van der Waals surface area contributed by atoms with Gasteiger partial charge in [-0.1, -0.05) is 149 Å². The highest BCUT2D eigenvalue weighted by atomic mass is 16.5. The number of amides is 3. The van der Waals surface area contributed by atoms with Gasteiger partial charge in [-0.3, -0.25) is 43.2 Å². The molecule has 0 aliphatic rings. The molecule has 0 bridgehead atoms. The molecule has 21 nitrogen and oxygen atoms in total. The van der Waals surface area contributed by atoms with E-state index in [1.54, 1.807) is 54.6 Å². The zero-order chi connectivity index (χ0) is 56.3. The van der Waals surface area contributed by atoms with Crippen molar-refractivity contribution in [3.8, 4) is 0 Å². The Kier molecular flexibility index (Phi) is 28.8. The Hall–Kier alpha value is -8.10. The van der Waals surface area contributed by atoms with Gasteiger partial charge in [-0.05, 0) is 38.5 Å². The van der Waals surface area contributed by atoms with Crippen molar-refractivity contribution >= 4 is 53.0 Å². The van der Waals surface area contributed by atoms with Crippen molar-refractivity contribution in [1.29, 1.82) is 0 Å². The third kappa shape index (κ3) is 23.0. The van der Waals surface area contributed by atoms with Crippen LogP contribution in [0, 0.1) is 0 Å². The fraction of sp³-hybridized carbons (Fsp3) is 0.474. The van der Waals surface area contributed by atoms with Gasteiger partial charge in [0.25, 0.3) is 17.7 Å². The summed E-state index contributed by atoms with van der Waals surface area (Å²) in [5.41, 5.74) is -1.31. The summed E-state index contributed by atoms with van der Waals surface area (Å²) in [5, 5.41) is 7.33. The van der Waals surface area contributed by atoms with Crippen molar-refractivity contribution in [2.45, 2.75) is 135 Å². The third-order valence-corrected chi connectivity index (χ3v) is 12.4. The minimum Gasteiger partial charge on any atom is -0.464 e. The number of ketones is 3. The number of rotatable bonds is 39. The quantitative estimate of drug-likeness (QED) is 0.0178. The highest BCUT2D eigenvalue weighted by molar-refractivity contribution is 6.43. The Morgan fingerprint density at radius 1 is 0.321 bits per heavy atom. The van der Waals surface area contributed by atoms with Crippen LogP contribution in [0.3, 0.4) is 0 Å². The summed E-state index contributed by atoms with van der Waals surface area (Å²) in [6.45, 7) is -0.0363. The Morgan fingerprint density at radius 3 is 0.808 bits per heavy atom. The topological polar surface area (TPSA) is 283 Å². The lowest BCUT2D eigenvalue weighted by molar-refractivity contribution is -0.144. The molecule has 1 heterocycles. The monoisotopic (exact) mass is 1080 g/mol. The molecular formula is C57H72N6O15. The van der Waals surface area contributed by atoms with Gasteiger partial charge in [0.2, 0.25) is 17.3 Å². The number of carbonyl (C=O) groups is 9. The molecule has 0 aliphatic carbocycles. The SMILES string of the molecule is O=C(CCCCCCCn1c(=O)n(CCCCCCCC(=O)OCCNC(=O)C(=O)c2ccccc2)c(=O)n(CCCCCCCC(=O)OCCNC(=O)C(=O)c2ccccc2)c1=O)OCCNC(=O)C(=O)c1ccccc1. The van der Waals surface area contributed by atoms with E-state index in [0.717, 1.165) is 13.7 Å². The molecule has 78 heavy (non-hydrogen) atoms. The molecule has 0 fully saturated rings. The second-order valence-corrected chi connectivity index (χ2v) is 18.4. The van der Waals surface area contributed by atoms with Gasteiger partial charge >= 0.3 is 35.0 Å². The van der Waals surface area contributed by atoms with Crippen LogP contribution in [0.15, 0.2) is 105 Å². The summed E-state index contributed by atoms with van der Waals surface area (Å²) in [7, 11) is 0. The van der Waals surface area contributed by atoms with Crippen molar-refractivity contribution in [1.82, 2.24) is 29.7 Å². The van der Waals surface area contributed by atoms with E-state index >= 15 is 0 Å². The number of hydrogen-bond donors (Lipinski definition) is 3. The lowest BCUT2D eigenvalue weighted by Gasteiger charge is -2.14. The average Bonchev–Trinajstić information content (AvgIpc) is 3.48. The molecule has 420 valence electrons. The molecule has 0 atom stereocenters. The number of nitrogens with zero attached hydrogens (tertiary/aromatic N) is 3. The molecule has 0 saturated carbocycles. The Labute approximate surface area is 452 Å². The summed E-state index contributed by atoms with van der Waals surface area (Å²) in [5.74, 6) is -5.76. The molecule has 3 amide bonds. The first-order chi connectivity index (χ1) is 37.8. The molecule has 4 aromatic rings. The zero-order valence-corrected chi connectivity index (χ0v) is 44.2. The first-order valence-electron chi connectivity index (χ1n) is 26.8. The number of esters is 3. The standard InChI is InChI=1S/C57H72N6O15/c64-46(76-40-34-58-52(70)49(67)43-25-13-10-14-26-43)31-19-4-1-7-22-37-61-55(73)62(38-23-8-2-5-20-32-47(65)77-41-35-59-53(71)50(68)44-27-15-11-16-28-44)57(75)63(56(61)74)39-24-9-3-6-21-33-48(66)78-42-36-60-54(72)51(69)45-29-17-12-18-30-45/h10-18,25-30H,1-9,19-24,31-42H2,(H,58,70)(H,59,71)(H,60,72). The zero-order valence-electron chi connectivity index (χ0n) is 44.2. The van der Waals surface area contributed by atoms with E-state index in [4.69, 9.17) is 14.2 Å². The van der Waals surface area contributed by atoms with Gasteiger partial charge in [0.15, 0.2) is 0 Å². The van der Waals surface area contributed by atoms with Gasteiger partial charge in [-0.25, -0.2) is 28.1 Å². The van der Waals surface area contributed by atoms with Crippen molar-refractivity contribution in [2.24, 2.45) is 0 Å². The van der Waals surface area contributed by atoms with Crippen LogP contribution in [0.2, 0.25) is 0 Å². The van der Waals surface area contributed by atoms with E-state index in [9.17, 15) is 57.5 Å². The summed E-state index contributed by atoms with van der Waals surface area (Å²) in [6, 6.07) is 24.3. The minimum atomic E-state index is -0.792. The smallest absolute Gasteiger partial charge is 0.336 e. The van der Waals surface area contributed by atoms with Crippen LogP contribution in [-0.2, 0) is 62.6 Å². The van der Waals surface area contributed by atoms with Gasteiger partial charge in [-0.15, -0.1) is 0 Å². The molecule has 0 radical (unpaired) electrons. The molecule has 0 unspecified atom stereocenters. The van der Waals surface area contributed by atoms with Gasteiger partial charge < -0.3 is 30.2 Å². The predicted molar refractivity (Wildman–Crippen MR) is 287 cm³/mol. The normalized spacial score (nSPS) is 10.8. The average molecular weight is 1080 g/mol. The number of Topliss-reactive ketones (excluding diaryl/α,β-unsaturated/α-hetero) is 3. The van der Waals surface area contributed by atoms with E-state index in [2.05, 4.69) is 16.0 Å². The number of ether oxygens (including phenoxy) is 3. The van der Waals surface area contributed by atoms with Crippen LogP contribution in [0.5, 0.6) is 0 Å². The van der Waals surface area contributed by atoms with Crippen molar-refractivity contribution in [2.75, 3.05) is 39.5 Å². The van der Waals surface area contributed by atoms with E-state index in [0.29, 0.717) is 96.3 Å². The molecule has 0 aliphatic heterocycles. The van der Waals surface area contributed by atoms with Crippen LogP contribution in [0.1, 0.15) is 147 Å². The number of aromatic nitrogens is 3. The van der Waals surface area contributed by atoms with Crippen molar-refractivity contribution in [3.63, 3.8) is 0 Å². The van der Waals surface area contributed by atoms with Crippen molar-refractivity contribution < 1.29 is 57.4 Å². The summed E-state index contributed by atoms with van der Waals surface area (Å²) >= 11 is 0. The number of benzene rings is 3. The fourth-order valence-electron chi connectivity index (χ4n) is 8.07. The number of hydrogen-bond acceptors (Lipinski definition) is 15. The predicted octanol–water partition coefficient (Wildman–Crippen LogP) is 4.82. The first kappa shape index (κ1) is 62.4. The molecule has 0 spiro atoms. The maximum Gasteiger partial charge on any atom is 0.336 e. The minimum absolute atomic E-state index is 0.0126. The molecule has 21 heteroatoms. The van der Waals surface area contributed by atoms with Crippen LogP contribution in [0.25, 0.3) is 0 Å². The largest absolute Gasteiger partial charge is 0.464 e. The fourth-order valence-corrected chi connectivity index (χ4v) is 8.07. The molecule has 0 saturated heterocycles. The van der Waals surface area contributed by atoms with E-state index < -0.39 is 70.0 Å². The summed E-state index contributed by atoms with van der Waals surface area (Å²) in [6.07, 6.45) is 9.51. The molecule has 3 aromatic carbocycles. The Balaban J connectivity index is 1.17. The maximum atomic E-state index is 13.7. The summed E-state index contributed by atoms with van der Waals surface area (Å²) in [4.78, 5) is 151. The number of unbranched alkanes of at least 4 members (excludes halogenated alkanes) is 12. The summed E-state index contributed by atoms with van der Waals surface area (Å²) < 4.78 is 18.8. The second kappa shape index (κ2) is 36.0. The number of nitrogens with one attached hydrogen (secondary N) is 3. The van der Waals surface area contributed by atoms with Gasteiger partial charge in [-0.2, -0.15) is 0 Å². The van der Waals surface area contributed by atoms with Crippen LogP contribution >= 0.6 is 0 Å². The van der Waals surface area contributed by atoms with Crippen molar-refractivity contribution in [3.05, 3.63) is 139 Å². The van der Waals surface area contributed by atoms with E-state index in [1.165, 1.54) is 36.4 Å².